The molecule has 9 heteroatoms. The SMILES string of the molecule is COc1cc(C2c3c(-c4cc(C)cc(C)c4O)n[nH]c3C(=O)N2CCCO)cc(OC)c1OC. The van der Waals surface area contributed by atoms with Crippen LogP contribution in [0, 0.1) is 13.8 Å². The molecule has 4 rings (SSSR count). The summed E-state index contributed by atoms with van der Waals surface area (Å²) in [5.74, 6) is 1.24. The van der Waals surface area contributed by atoms with E-state index in [1.165, 1.54) is 21.3 Å². The zero-order chi connectivity index (χ0) is 24.6. The van der Waals surface area contributed by atoms with Crippen LogP contribution in [0.15, 0.2) is 24.3 Å². The number of aromatic amines is 1. The smallest absolute Gasteiger partial charge is 0.273 e. The maximum absolute atomic E-state index is 13.4. The number of hydrogen-bond donors (Lipinski definition) is 3. The molecular formula is C25H29N3O6. The molecule has 0 radical (unpaired) electrons. The van der Waals surface area contributed by atoms with Crippen LogP contribution in [0.2, 0.25) is 0 Å². The van der Waals surface area contributed by atoms with Gasteiger partial charge >= 0.3 is 0 Å². The first-order valence-electron chi connectivity index (χ1n) is 11.0. The summed E-state index contributed by atoms with van der Waals surface area (Å²) in [5.41, 5.74) is 4.46. The first-order valence-corrected chi connectivity index (χ1v) is 11.0. The number of hydrogen-bond acceptors (Lipinski definition) is 7. The third kappa shape index (κ3) is 3.71. The van der Waals surface area contributed by atoms with Crippen LogP contribution in [0.25, 0.3) is 11.3 Å². The van der Waals surface area contributed by atoms with E-state index >= 15 is 0 Å². The van der Waals surface area contributed by atoms with Crippen molar-refractivity contribution in [3.8, 4) is 34.3 Å². The standard InChI is InChI=1S/C25H29N3O6/c1-13-9-14(2)23(30)16(10-13)20-19-21(27-26-20)25(31)28(7-6-8-29)22(19)15-11-17(32-3)24(34-5)18(12-15)33-4/h9-12,22,29-30H,6-8H2,1-5H3,(H,26,27). The van der Waals surface area contributed by atoms with Gasteiger partial charge in [-0.3, -0.25) is 9.89 Å². The van der Waals surface area contributed by atoms with E-state index in [1.54, 1.807) is 17.0 Å². The van der Waals surface area contributed by atoms with Crippen molar-refractivity contribution in [2.75, 3.05) is 34.5 Å². The number of aromatic nitrogens is 2. The lowest BCUT2D eigenvalue weighted by molar-refractivity contribution is 0.0731. The first kappa shape index (κ1) is 23.4. The highest BCUT2D eigenvalue weighted by molar-refractivity contribution is 6.00. The number of fused-ring (bicyclic) bond motifs is 1. The highest BCUT2D eigenvalue weighted by atomic mass is 16.5. The average molecular weight is 468 g/mol. The van der Waals surface area contributed by atoms with E-state index in [9.17, 15) is 15.0 Å². The number of amides is 1. The summed E-state index contributed by atoms with van der Waals surface area (Å²) in [7, 11) is 4.60. The lowest BCUT2D eigenvalue weighted by Crippen LogP contribution is -2.31. The summed E-state index contributed by atoms with van der Waals surface area (Å²) in [6.07, 6.45) is 0.411. The maximum atomic E-state index is 13.4. The van der Waals surface area contributed by atoms with Gasteiger partial charge in [0.2, 0.25) is 5.75 Å². The van der Waals surface area contributed by atoms with Gasteiger partial charge in [-0.15, -0.1) is 0 Å². The molecule has 3 aromatic rings. The molecule has 9 nitrogen and oxygen atoms in total. The van der Waals surface area contributed by atoms with Gasteiger partial charge in [-0.2, -0.15) is 5.10 Å². The Morgan fingerprint density at radius 2 is 1.74 bits per heavy atom. The average Bonchev–Trinajstić information content (AvgIpc) is 3.37. The summed E-state index contributed by atoms with van der Waals surface area (Å²) in [5, 5.41) is 27.6. The fourth-order valence-electron chi connectivity index (χ4n) is 4.62. The van der Waals surface area contributed by atoms with E-state index in [-0.39, 0.29) is 18.3 Å². The minimum absolute atomic E-state index is 0.0529. The number of nitrogens with zero attached hydrogens (tertiary/aromatic N) is 2. The Balaban J connectivity index is 1.97. The number of ether oxygens (including phenoxy) is 3. The van der Waals surface area contributed by atoms with Gasteiger partial charge in [0.05, 0.1) is 27.4 Å². The summed E-state index contributed by atoms with van der Waals surface area (Å²) in [4.78, 5) is 15.1. The van der Waals surface area contributed by atoms with E-state index < -0.39 is 6.04 Å². The van der Waals surface area contributed by atoms with E-state index in [2.05, 4.69) is 10.2 Å². The molecule has 2 heterocycles. The van der Waals surface area contributed by atoms with E-state index in [0.29, 0.717) is 52.7 Å². The van der Waals surface area contributed by atoms with Crippen LogP contribution in [-0.4, -0.2) is 65.7 Å². The molecule has 1 amide bonds. The number of carbonyl (C=O) groups excluding carboxylic acids is 1. The van der Waals surface area contributed by atoms with Crippen LogP contribution in [-0.2, 0) is 0 Å². The topological polar surface area (TPSA) is 117 Å². The Morgan fingerprint density at radius 1 is 1.06 bits per heavy atom. The van der Waals surface area contributed by atoms with Gasteiger partial charge < -0.3 is 29.3 Å². The van der Waals surface area contributed by atoms with Crippen molar-refractivity contribution >= 4 is 5.91 Å². The molecule has 180 valence electrons. The number of aliphatic hydroxyl groups is 1. The Hall–Kier alpha value is -3.72. The molecule has 2 aromatic carbocycles. The molecule has 1 unspecified atom stereocenters. The zero-order valence-corrected chi connectivity index (χ0v) is 19.9. The molecular weight excluding hydrogens is 438 g/mol. The predicted molar refractivity (Wildman–Crippen MR) is 126 cm³/mol. The molecule has 0 spiro atoms. The van der Waals surface area contributed by atoms with Crippen LogP contribution in [0.1, 0.15) is 45.2 Å². The minimum atomic E-state index is -0.545. The van der Waals surface area contributed by atoms with Crippen LogP contribution < -0.4 is 14.2 Å². The van der Waals surface area contributed by atoms with Gasteiger partial charge in [0.1, 0.15) is 17.1 Å². The number of benzene rings is 2. The second kappa shape index (κ2) is 9.26. The Morgan fingerprint density at radius 3 is 2.32 bits per heavy atom. The van der Waals surface area contributed by atoms with Crippen molar-refractivity contribution in [1.29, 1.82) is 0 Å². The minimum Gasteiger partial charge on any atom is -0.507 e. The summed E-state index contributed by atoms with van der Waals surface area (Å²) in [6.45, 7) is 4.05. The molecule has 1 aromatic heterocycles. The van der Waals surface area contributed by atoms with Crippen molar-refractivity contribution in [3.05, 3.63) is 52.2 Å². The Kier molecular flexibility index (Phi) is 6.39. The van der Waals surface area contributed by atoms with Crippen LogP contribution >= 0.6 is 0 Å². The zero-order valence-electron chi connectivity index (χ0n) is 19.9. The quantitative estimate of drug-likeness (QED) is 0.465. The fraction of sp³-hybridized carbons (Fsp3) is 0.360. The van der Waals surface area contributed by atoms with Crippen molar-refractivity contribution in [2.24, 2.45) is 0 Å². The number of aliphatic hydroxyl groups excluding tert-OH is 1. The summed E-state index contributed by atoms with van der Waals surface area (Å²) >= 11 is 0. The number of H-pyrrole nitrogens is 1. The molecule has 0 saturated carbocycles. The molecule has 3 N–H and O–H groups in total. The number of carbonyl (C=O) groups is 1. The van der Waals surface area contributed by atoms with Crippen LogP contribution in [0.3, 0.4) is 0 Å². The van der Waals surface area contributed by atoms with E-state index in [1.807, 2.05) is 26.0 Å². The number of aromatic hydroxyl groups is 1. The Labute approximate surface area is 197 Å². The molecule has 1 atom stereocenters. The van der Waals surface area contributed by atoms with Crippen molar-refractivity contribution in [3.63, 3.8) is 0 Å². The number of aryl methyl sites for hydroxylation is 2. The largest absolute Gasteiger partial charge is 0.507 e. The van der Waals surface area contributed by atoms with Crippen molar-refractivity contribution in [1.82, 2.24) is 15.1 Å². The number of phenolic OH excluding ortho intramolecular Hbond substituents is 1. The lowest BCUT2D eigenvalue weighted by Gasteiger charge is -2.27. The highest BCUT2D eigenvalue weighted by Gasteiger charge is 2.43. The van der Waals surface area contributed by atoms with Crippen molar-refractivity contribution < 1.29 is 29.2 Å². The molecule has 1 aliphatic rings. The van der Waals surface area contributed by atoms with Crippen LogP contribution in [0.4, 0.5) is 0 Å². The molecule has 1 aliphatic heterocycles. The number of methoxy groups -OCH3 is 3. The predicted octanol–water partition coefficient (Wildman–Crippen LogP) is 3.35. The summed E-state index contributed by atoms with van der Waals surface area (Å²) < 4.78 is 16.6. The second-order valence-corrected chi connectivity index (χ2v) is 8.28. The summed E-state index contributed by atoms with van der Waals surface area (Å²) in [6, 6.07) is 6.81. The normalized spacial score (nSPS) is 14.9. The number of nitrogens with one attached hydrogen (secondary N) is 1. The number of rotatable bonds is 8. The monoisotopic (exact) mass is 467 g/mol. The molecule has 0 saturated heterocycles. The van der Waals surface area contributed by atoms with Gasteiger partial charge in [0, 0.05) is 24.3 Å². The fourth-order valence-corrected chi connectivity index (χ4v) is 4.62. The number of phenols is 1. The first-order chi connectivity index (χ1) is 16.4. The molecule has 0 bridgehead atoms. The van der Waals surface area contributed by atoms with E-state index in [4.69, 9.17) is 14.2 Å². The Bertz CT molecular complexity index is 1210. The van der Waals surface area contributed by atoms with Crippen LogP contribution in [0.5, 0.6) is 23.0 Å². The van der Waals surface area contributed by atoms with Gasteiger partial charge in [0.25, 0.3) is 5.91 Å². The van der Waals surface area contributed by atoms with Gasteiger partial charge in [-0.05, 0) is 55.2 Å². The lowest BCUT2D eigenvalue weighted by atomic mass is 9.93. The molecule has 0 fully saturated rings. The maximum Gasteiger partial charge on any atom is 0.273 e. The molecule has 34 heavy (non-hydrogen) atoms. The van der Waals surface area contributed by atoms with Gasteiger partial charge in [-0.25, -0.2) is 0 Å². The highest BCUT2D eigenvalue weighted by Crippen LogP contribution is 2.48. The third-order valence-corrected chi connectivity index (χ3v) is 6.12. The third-order valence-electron chi connectivity index (χ3n) is 6.12. The second-order valence-electron chi connectivity index (χ2n) is 8.28. The molecule has 0 aliphatic carbocycles. The van der Waals surface area contributed by atoms with Gasteiger partial charge in [0.15, 0.2) is 11.5 Å². The van der Waals surface area contributed by atoms with E-state index in [0.717, 1.165) is 16.7 Å². The van der Waals surface area contributed by atoms with Gasteiger partial charge in [-0.1, -0.05) is 6.07 Å². The van der Waals surface area contributed by atoms with Crippen molar-refractivity contribution in [2.45, 2.75) is 26.3 Å².